The first kappa shape index (κ1) is 19.3. The van der Waals surface area contributed by atoms with Crippen LogP contribution < -0.4 is 10.9 Å². The molecule has 0 saturated carbocycles. The summed E-state index contributed by atoms with van der Waals surface area (Å²) in [7, 11) is 0. The van der Waals surface area contributed by atoms with Gasteiger partial charge in [-0.15, -0.1) is 0 Å². The lowest BCUT2D eigenvalue weighted by Gasteiger charge is -2.11. The van der Waals surface area contributed by atoms with Gasteiger partial charge in [0.05, 0.1) is 17.9 Å². The molecular weight excluding hydrogens is 352 g/mol. The summed E-state index contributed by atoms with van der Waals surface area (Å²) in [4.78, 5) is 25.6. The number of nitriles is 1. The Morgan fingerprint density at radius 2 is 1.82 bits per heavy atom. The predicted octanol–water partition coefficient (Wildman–Crippen LogP) is 3.91. The molecule has 0 fully saturated rings. The van der Waals surface area contributed by atoms with Crippen LogP contribution in [-0.4, -0.2) is 15.7 Å². The highest BCUT2D eigenvalue weighted by Gasteiger charge is 2.16. The number of unbranched alkanes of at least 4 members (excludes halogenated alkanes) is 2. The fourth-order valence-electron chi connectivity index (χ4n) is 3.05. The molecule has 0 atom stereocenters. The number of hydrogen-bond donors (Lipinski definition) is 1. The number of anilines is 1. The van der Waals surface area contributed by atoms with Crippen LogP contribution in [0.4, 0.5) is 5.69 Å². The van der Waals surface area contributed by atoms with E-state index in [1.165, 1.54) is 4.68 Å². The van der Waals surface area contributed by atoms with Crippen molar-refractivity contribution in [3.8, 4) is 6.07 Å². The summed E-state index contributed by atoms with van der Waals surface area (Å²) in [6, 6.07) is 16.2. The van der Waals surface area contributed by atoms with Crippen molar-refractivity contribution < 1.29 is 4.79 Å². The van der Waals surface area contributed by atoms with E-state index in [0.29, 0.717) is 29.4 Å². The molecule has 0 spiro atoms. The molecule has 142 valence electrons. The molecule has 3 aromatic rings. The molecule has 28 heavy (non-hydrogen) atoms. The number of nitrogens with zero attached hydrogens (tertiary/aromatic N) is 3. The van der Waals surface area contributed by atoms with E-state index in [1.54, 1.807) is 48.5 Å². The number of hydrogen-bond acceptors (Lipinski definition) is 4. The Morgan fingerprint density at radius 3 is 2.50 bits per heavy atom. The molecule has 1 amide bonds. The Hall–Kier alpha value is -3.46. The second-order valence-electron chi connectivity index (χ2n) is 6.62. The Morgan fingerprint density at radius 1 is 1.11 bits per heavy atom. The quantitative estimate of drug-likeness (QED) is 0.635. The van der Waals surface area contributed by atoms with Crippen molar-refractivity contribution in [2.45, 2.75) is 39.2 Å². The highest BCUT2D eigenvalue weighted by atomic mass is 16.2. The van der Waals surface area contributed by atoms with E-state index >= 15 is 0 Å². The molecule has 1 heterocycles. The van der Waals surface area contributed by atoms with Gasteiger partial charge >= 0.3 is 0 Å². The zero-order valence-corrected chi connectivity index (χ0v) is 15.8. The number of fused-ring (bicyclic) bond motifs is 1. The van der Waals surface area contributed by atoms with Crippen LogP contribution in [0.2, 0.25) is 0 Å². The lowest BCUT2D eigenvalue weighted by Crippen LogP contribution is -2.27. The smallest absolute Gasteiger partial charge is 0.276 e. The molecule has 1 N–H and O–H groups in total. The van der Waals surface area contributed by atoms with Gasteiger partial charge < -0.3 is 5.32 Å². The first-order valence-corrected chi connectivity index (χ1v) is 9.41. The molecule has 0 bridgehead atoms. The summed E-state index contributed by atoms with van der Waals surface area (Å²) in [5.41, 5.74) is 1.55. The molecule has 0 aliphatic heterocycles. The van der Waals surface area contributed by atoms with Gasteiger partial charge in [-0.3, -0.25) is 9.59 Å². The average Bonchev–Trinajstić information content (AvgIpc) is 2.71. The number of aromatic nitrogens is 2. The average molecular weight is 374 g/mol. The number of amides is 1. The molecule has 6 nitrogen and oxygen atoms in total. The Labute approximate surface area is 163 Å². The Kier molecular flexibility index (Phi) is 6.18. The molecule has 1 aromatic heterocycles. The first-order valence-electron chi connectivity index (χ1n) is 9.41. The summed E-state index contributed by atoms with van der Waals surface area (Å²) in [5.74, 6) is -0.367. The van der Waals surface area contributed by atoms with Crippen LogP contribution in [0.5, 0.6) is 0 Å². The standard InChI is InChI=1S/C22H22N4O2/c1-2-3-6-15-26-22(28)19-8-5-4-7-18(19)20(25-26)21(27)24-17-11-9-16(10-12-17)13-14-23/h4-5,7-12H,2-3,6,13,15H2,1H3,(H,24,27). The minimum Gasteiger partial charge on any atom is -0.321 e. The van der Waals surface area contributed by atoms with Crippen LogP contribution in [0.15, 0.2) is 53.3 Å². The lowest BCUT2D eigenvalue weighted by atomic mass is 10.1. The molecular formula is C22H22N4O2. The van der Waals surface area contributed by atoms with E-state index in [2.05, 4.69) is 23.4 Å². The van der Waals surface area contributed by atoms with Crippen LogP contribution >= 0.6 is 0 Å². The van der Waals surface area contributed by atoms with Crippen LogP contribution in [0, 0.1) is 11.3 Å². The van der Waals surface area contributed by atoms with Gasteiger partial charge in [-0.25, -0.2) is 4.68 Å². The fraction of sp³-hybridized carbons (Fsp3) is 0.273. The van der Waals surface area contributed by atoms with E-state index in [9.17, 15) is 9.59 Å². The monoisotopic (exact) mass is 374 g/mol. The summed E-state index contributed by atoms with van der Waals surface area (Å²) in [6.45, 7) is 2.58. The molecule has 0 aliphatic rings. The second-order valence-corrected chi connectivity index (χ2v) is 6.62. The third-order valence-corrected chi connectivity index (χ3v) is 4.55. The van der Waals surface area contributed by atoms with Gasteiger partial charge in [-0.1, -0.05) is 50.1 Å². The summed E-state index contributed by atoms with van der Waals surface area (Å²) in [5, 5.41) is 17.0. The van der Waals surface area contributed by atoms with Gasteiger partial charge in [0.15, 0.2) is 5.69 Å². The molecule has 0 saturated heterocycles. The predicted molar refractivity (Wildman–Crippen MR) is 109 cm³/mol. The number of rotatable bonds is 7. The van der Waals surface area contributed by atoms with Crippen molar-refractivity contribution in [1.29, 1.82) is 5.26 Å². The van der Waals surface area contributed by atoms with Crippen molar-refractivity contribution in [3.05, 3.63) is 70.1 Å². The zero-order chi connectivity index (χ0) is 19.9. The second kappa shape index (κ2) is 8.96. The molecule has 0 unspecified atom stereocenters. The van der Waals surface area contributed by atoms with Gasteiger partial charge in [0.1, 0.15) is 0 Å². The van der Waals surface area contributed by atoms with Crippen molar-refractivity contribution in [3.63, 3.8) is 0 Å². The van der Waals surface area contributed by atoms with Crippen molar-refractivity contribution >= 4 is 22.4 Å². The molecule has 2 aromatic carbocycles. The maximum atomic E-state index is 12.9. The minimum atomic E-state index is -0.367. The van der Waals surface area contributed by atoms with E-state index in [-0.39, 0.29) is 17.2 Å². The van der Waals surface area contributed by atoms with E-state index in [1.807, 2.05) is 0 Å². The number of nitrogens with one attached hydrogen (secondary N) is 1. The van der Waals surface area contributed by atoms with Crippen LogP contribution in [0.3, 0.4) is 0 Å². The summed E-state index contributed by atoms with van der Waals surface area (Å²) < 4.78 is 1.39. The Balaban J connectivity index is 1.94. The van der Waals surface area contributed by atoms with Gasteiger partial charge in [-0.05, 0) is 30.2 Å². The normalized spacial score (nSPS) is 10.6. The van der Waals surface area contributed by atoms with Gasteiger partial charge in [0.25, 0.3) is 11.5 Å². The highest BCUT2D eigenvalue weighted by molar-refractivity contribution is 6.11. The largest absolute Gasteiger partial charge is 0.321 e. The van der Waals surface area contributed by atoms with Crippen LogP contribution in [-0.2, 0) is 13.0 Å². The number of carbonyl (C=O) groups is 1. The zero-order valence-electron chi connectivity index (χ0n) is 15.8. The molecule has 0 radical (unpaired) electrons. The van der Waals surface area contributed by atoms with Crippen molar-refractivity contribution in [1.82, 2.24) is 9.78 Å². The summed E-state index contributed by atoms with van der Waals surface area (Å²) >= 11 is 0. The molecule has 0 aliphatic carbocycles. The molecule has 6 heteroatoms. The van der Waals surface area contributed by atoms with Gasteiger partial charge in [-0.2, -0.15) is 10.4 Å². The Bertz CT molecular complexity index is 1080. The third-order valence-electron chi connectivity index (χ3n) is 4.55. The maximum absolute atomic E-state index is 12.9. The highest BCUT2D eigenvalue weighted by Crippen LogP contribution is 2.16. The van der Waals surface area contributed by atoms with Crippen molar-refractivity contribution in [2.75, 3.05) is 5.32 Å². The summed E-state index contributed by atoms with van der Waals surface area (Å²) in [6.07, 6.45) is 3.20. The number of carbonyl (C=O) groups excluding carboxylic acids is 1. The number of aryl methyl sites for hydroxylation is 1. The van der Waals surface area contributed by atoms with Crippen molar-refractivity contribution in [2.24, 2.45) is 0 Å². The lowest BCUT2D eigenvalue weighted by molar-refractivity contribution is 0.102. The van der Waals surface area contributed by atoms with Crippen LogP contribution in [0.1, 0.15) is 42.2 Å². The van der Waals surface area contributed by atoms with E-state index in [0.717, 1.165) is 24.8 Å². The van der Waals surface area contributed by atoms with E-state index in [4.69, 9.17) is 5.26 Å². The fourth-order valence-corrected chi connectivity index (χ4v) is 3.05. The molecule has 3 rings (SSSR count). The topological polar surface area (TPSA) is 87.8 Å². The minimum absolute atomic E-state index is 0.177. The first-order chi connectivity index (χ1) is 13.6. The third kappa shape index (κ3) is 4.26. The van der Waals surface area contributed by atoms with Crippen LogP contribution in [0.25, 0.3) is 10.8 Å². The maximum Gasteiger partial charge on any atom is 0.276 e. The van der Waals surface area contributed by atoms with Gasteiger partial charge in [0.2, 0.25) is 0 Å². The van der Waals surface area contributed by atoms with Gasteiger partial charge in [0, 0.05) is 17.6 Å². The number of benzene rings is 2. The SMILES string of the molecule is CCCCCn1nc(C(=O)Nc2ccc(CC#N)cc2)c2ccccc2c1=O. The van der Waals surface area contributed by atoms with E-state index < -0.39 is 0 Å².